The molecule has 1 aromatic heterocycles. The van der Waals surface area contributed by atoms with Crippen molar-refractivity contribution in [2.75, 3.05) is 20.1 Å². The number of halogens is 2. The van der Waals surface area contributed by atoms with Gasteiger partial charge in [-0.15, -0.1) is 12.4 Å². The molecule has 1 N–H and O–H groups in total. The summed E-state index contributed by atoms with van der Waals surface area (Å²) in [6.45, 7) is 1.45. The van der Waals surface area contributed by atoms with E-state index in [1.807, 2.05) is 30.1 Å². The Morgan fingerprint density at radius 2 is 2.22 bits per heavy atom. The highest BCUT2D eigenvalue weighted by atomic mass is 35.5. The molecule has 1 aliphatic rings. The largest absolute Gasteiger partial charge is 0.355 e. The van der Waals surface area contributed by atoms with Crippen LogP contribution < -0.4 is 5.32 Å². The first-order chi connectivity index (χ1) is 10.7. The number of nitrogens with one attached hydrogen (secondary N) is 1. The van der Waals surface area contributed by atoms with Crippen molar-refractivity contribution in [3.63, 3.8) is 0 Å². The molecule has 0 radical (unpaired) electrons. The number of carbonyl (C=O) groups is 1. The van der Waals surface area contributed by atoms with E-state index in [0.717, 1.165) is 24.9 Å². The smallest absolute Gasteiger partial charge is 0.276 e. The fraction of sp³-hybridized carbons (Fsp3) is 0.375. The Balaban J connectivity index is 0.00000192. The van der Waals surface area contributed by atoms with E-state index in [-0.39, 0.29) is 18.3 Å². The average Bonchev–Trinajstić information content (AvgIpc) is 3.04. The van der Waals surface area contributed by atoms with Crippen LogP contribution in [0.3, 0.4) is 0 Å². The molecular formula is C16H19Cl2N3O2. The molecule has 1 saturated heterocycles. The van der Waals surface area contributed by atoms with Gasteiger partial charge in [0.15, 0.2) is 11.5 Å². The molecule has 1 aromatic carbocycles. The number of rotatable bonds is 3. The van der Waals surface area contributed by atoms with Crippen LogP contribution >= 0.6 is 24.0 Å². The van der Waals surface area contributed by atoms with E-state index in [1.54, 1.807) is 12.1 Å². The average molecular weight is 356 g/mol. The number of piperidine rings is 1. The maximum absolute atomic E-state index is 12.5. The van der Waals surface area contributed by atoms with Gasteiger partial charge in [-0.3, -0.25) is 4.79 Å². The number of nitrogens with zero attached hydrogens (tertiary/aromatic N) is 2. The van der Waals surface area contributed by atoms with E-state index in [0.29, 0.717) is 29.1 Å². The van der Waals surface area contributed by atoms with E-state index in [9.17, 15) is 4.79 Å². The molecule has 1 fully saturated rings. The zero-order valence-corrected chi connectivity index (χ0v) is 14.4. The summed E-state index contributed by atoms with van der Waals surface area (Å²) in [6.07, 6.45) is 2.08. The van der Waals surface area contributed by atoms with Crippen molar-refractivity contribution in [2.45, 2.75) is 18.9 Å². The zero-order valence-electron chi connectivity index (χ0n) is 12.8. The molecule has 2 aromatic rings. The molecule has 0 bridgehead atoms. The molecular weight excluding hydrogens is 337 g/mol. The monoisotopic (exact) mass is 355 g/mol. The van der Waals surface area contributed by atoms with Gasteiger partial charge in [0.1, 0.15) is 0 Å². The molecule has 0 aliphatic carbocycles. The summed E-state index contributed by atoms with van der Waals surface area (Å²) in [5.74, 6) is 0.415. The second-order valence-corrected chi connectivity index (χ2v) is 5.84. The van der Waals surface area contributed by atoms with E-state index in [2.05, 4.69) is 10.5 Å². The summed E-state index contributed by atoms with van der Waals surface area (Å²) in [5, 5.41) is 7.71. The van der Waals surface area contributed by atoms with E-state index in [4.69, 9.17) is 16.1 Å². The molecule has 0 saturated carbocycles. The molecule has 0 spiro atoms. The van der Waals surface area contributed by atoms with Gasteiger partial charge in [-0.2, -0.15) is 0 Å². The van der Waals surface area contributed by atoms with Crippen LogP contribution in [0, 0.1) is 0 Å². The Morgan fingerprint density at radius 1 is 1.43 bits per heavy atom. The summed E-state index contributed by atoms with van der Waals surface area (Å²) in [7, 11) is 1.92. The summed E-state index contributed by atoms with van der Waals surface area (Å²) in [4.78, 5) is 14.4. The molecule has 1 amide bonds. The van der Waals surface area contributed by atoms with Gasteiger partial charge in [0.05, 0.1) is 5.02 Å². The van der Waals surface area contributed by atoms with Gasteiger partial charge in [-0.25, -0.2) is 0 Å². The number of likely N-dealkylation sites (tertiary alicyclic amines) is 1. The second-order valence-electron chi connectivity index (χ2n) is 5.44. The fourth-order valence-corrected chi connectivity index (χ4v) is 2.95. The number of amides is 1. The van der Waals surface area contributed by atoms with Gasteiger partial charge in [0, 0.05) is 30.8 Å². The van der Waals surface area contributed by atoms with Crippen LogP contribution in [0.25, 0.3) is 11.3 Å². The van der Waals surface area contributed by atoms with Crippen molar-refractivity contribution in [2.24, 2.45) is 0 Å². The Labute approximate surface area is 146 Å². The molecule has 1 aliphatic heterocycles. The van der Waals surface area contributed by atoms with Crippen LogP contribution in [0.4, 0.5) is 0 Å². The number of hydrogen-bond donors (Lipinski definition) is 1. The zero-order chi connectivity index (χ0) is 15.5. The molecule has 1 unspecified atom stereocenters. The van der Waals surface area contributed by atoms with Crippen LogP contribution in [-0.4, -0.2) is 42.1 Å². The fourth-order valence-electron chi connectivity index (χ4n) is 2.72. The third-order valence-electron chi connectivity index (χ3n) is 3.99. The number of hydrogen-bond acceptors (Lipinski definition) is 4. The molecule has 124 valence electrons. The van der Waals surface area contributed by atoms with Crippen LogP contribution in [0.2, 0.25) is 5.02 Å². The normalized spacial score (nSPS) is 17.7. The molecule has 7 heteroatoms. The molecule has 23 heavy (non-hydrogen) atoms. The quantitative estimate of drug-likeness (QED) is 0.917. The first-order valence-corrected chi connectivity index (χ1v) is 7.75. The SMILES string of the molecule is CNC1CCCN(C(=O)c2cc(-c3ccccc3Cl)on2)C1.Cl. The minimum Gasteiger partial charge on any atom is -0.355 e. The van der Waals surface area contributed by atoms with Gasteiger partial charge in [-0.1, -0.05) is 28.9 Å². The summed E-state index contributed by atoms with van der Waals surface area (Å²) in [6, 6.07) is 9.34. The van der Waals surface area contributed by atoms with E-state index >= 15 is 0 Å². The number of likely N-dealkylation sites (N-methyl/N-ethyl adjacent to an activating group) is 1. The van der Waals surface area contributed by atoms with Gasteiger partial charge in [0.2, 0.25) is 0 Å². The molecule has 5 nitrogen and oxygen atoms in total. The number of aromatic nitrogens is 1. The lowest BCUT2D eigenvalue weighted by molar-refractivity contribution is 0.0688. The Bertz CT molecular complexity index is 675. The minimum absolute atomic E-state index is 0. The number of carbonyl (C=O) groups excluding carboxylic acids is 1. The van der Waals surface area contributed by atoms with Gasteiger partial charge in [-0.05, 0) is 32.0 Å². The van der Waals surface area contributed by atoms with Crippen molar-refractivity contribution < 1.29 is 9.32 Å². The highest BCUT2D eigenvalue weighted by Gasteiger charge is 2.26. The van der Waals surface area contributed by atoms with Crippen LogP contribution in [-0.2, 0) is 0 Å². The standard InChI is InChI=1S/C16H18ClN3O2.ClH/c1-18-11-5-4-8-20(10-11)16(21)14-9-15(22-19-14)12-6-2-3-7-13(12)17;/h2-3,6-7,9,11,18H,4-5,8,10H2,1H3;1H. The lowest BCUT2D eigenvalue weighted by Gasteiger charge is -2.31. The Hall–Kier alpha value is -1.56. The topological polar surface area (TPSA) is 58.4 Å². The first kappa shape index (κ1) is 17.8. The number of benzene rings is 1. The van der Waals surface area contributed by atoms with Crippen molar-refractivity contribution in [3.05, 3.63) is 41.0 Å². The van der Waals surface area contributed by atoms with Crippen molar-refractivity contribution in [1.29, 1.82) is 0 Å². The summed E-state index contributed by atoms with van der Waals surface area (Å²) >= 11 is 6.14. The van der Waals surface area contributed by atoms with Crippen molar-refractivity contribution >= 4 is 29.9 Å². The molecule has 3 rings (SSSR count). The van der Waals surface area contributed by atoms with Gasteiger partial charge < -0.3 is 14.7 Å². The van der Waals surface area contributed by atoms with E-state index in [1.165, 1.54) is 0 Å². The van der Waals surface area contributed by atoms with Gasteiger partial charge >= 0.3 is 0 Å². The maximum Gasteiger partial charge on any atom is 0.276 e. The third-order valence-corrected chi connectivity index (χ3v) is 4.32. The van der Waals surface area contributed by atoms with Crippen molar-refractivity contribution in [3.8, 4) is 11.3 Å². The predicted octanol–water partition coefficient (Wildman–Crippen LogP) is 3.24. The minimum atomic E-state index is -0.0954. The maximum atomic E-state index is 12.5. The van der Waals surface area contributed by atoms with Crippen LogP contribution in [0.1, 0.15) is 23.3 Å². The molecule has 1 atom stereocenters. The first-order valence-electron chi connectivity index (χ1n) is 7.37. The highest BCUT2D eigenvalue weighted by Crippen LogP contribution is 2.28. The molecule has 2 heterocycles. The summed E-state index contributed by atoms with van der Waals surface area (Å²) < 4.78 is 5.30. The van der Waals surface area contributed by atoms with Gasteiger partial charge in [0.25, 0.3) is 5.91 Å². The Kier molecular flexibility index (Phi) is 6.04. The summed E-state index contributed by atoms with van der Waals surface area (Å²) in [5.41, 5.74) is 1.06. The lowest BCUT2D eigenvalue weighted by atomic mass is 10.1. The van der Waals surface area contributed by atoms with Crippen LogP contribution in [0.15, 0.2) is 34.9 Å². The Morgan fingerprint density at radius 3 is 2.96 bits per heavy atom. The van der Waals surface area contributed by atoms with E-state index < -0.39 is 0 Å². The second kappa shape index (κ2) is 7.81. The highest BCUT2D eigenvalue weighted by molar-refractivity contribution is 6.33. The van der Waals surface area contributed by atoms with Crippen molar-refractivity contribution in [1.82, 2.24) is 15.4 Å². The van der Waals surface area contributed by atoms with Crippen LogP contribution in [0.5, 0.6) is 0 Å². The lowest BCUT2D eigenvalue weighted by Crippen LogP contribution is -2.47. The third kappa shape index (κ3) is 3.86. The predicted molar refractivity (Wildman–Crippen MR) is 92.2 cm³/mol.